The Labute approximate surface area is 280 Å². The summed E-state index contributed by atoms with van der Waals surface area (Å²) in [4.78, 5) is 31.7. The molecule has 4 aromatic rings. The van der Waals surface area contributed by atoms with Crippen molar-refractivity contribution in [1.29, 1.82) is 0 Å². The van der Waals surface area contributed by atoms with Crippen molar-refractivity contribution in [2.75, 3.05) is 24.4 Å². The number of aliphatic hydroxyl groups excluding tert-OH is 1. The summed E-state index contributed by atoms with van der Waals surface area (Å²) in [5, 5.41) is 15.1. The summed E-state index contributed by atoms with van der Waals surface area (Å²) >= 11 is -1.44. The molecular formula is C37H45N5O4S. The normalized spacial score (nSPS) is 14.8. The molecule has 2 heterocycles. The summed E-state index contributed by atoms with van der Waals surface area (Å²) in [5.41, 5.74) is 5.50. The molecule has 2 atom stereocenters. The molecule has 0 bridgehead atoms. The van der Waals surface area contributed by atoms with E-state index in [4.69, 9.17) is 5.10 Å². The minimum Gasteiger partial charge on any atom is -0.593 e. The Hall–Kier alpha value is -4.12. The van der Waals surface area contributed by atoms with Crippen LogP contribution in [0.3, 0.4) is 0 Å². The molecule has 3 aromatic carbocycles. The minimum atomic E-state index is -1.44. The second-order valence-electron chi connectivity index (χ2n) is 12.1. The molecule has 0 saturated heterocycles. The lowest BCUT2D eigenvalue weighted by Crippen LogP contribution is -2.46. The number of benzene rings is 3. The van der Waals surface area contributed by atoms with Crippen LogP contribution in [0.4, 0.5) is 5.69 Å². The van der Waals surface area contributed by atoms with Crippen LogP contribution < -0.4 is 4.72 Å². The molecule has 0 radical (unpaired) electrons. The summed E-state index contributed by atoms with van der Waals surface area (Å²) in [6.45, 7) is 7.60. The lowest BCUT2D eigenvalue weighted by atomic mass is 9.93. The Bertz CT molecular complexity index is 1650. The smallest absolute Gasteiger partial charge is 0.274 e. The van der Waals surface area contributed by atoms with E-state index < -0.39 is 17.4 Å². The molecule has 1 aliphatic rings. The fourth-order valence-corrected chi connectivity index (χ4v) is 6.95. The largest absolute Gasteiger partial charge is 0.593 e. The first-order valence-corrected chi connectivity index (χ1v) is 17.8. The van der Waals surface area contributed by atoms with E-state index in [1.807, 2.05) is 66.4 Å². The number of aryl methyl sites for hydroxylation is 1. The first-order valence-electron chi connectivity index (χ1n) is 16.5. The van der Waals surface area contributed by atoms with E-state index in [0.717, 1.165) is 42.4 Å². The van der Waals surface area contributed by atoms with Gasteiger partial charge in [0.2, 0.25) is 0 Å². The maximum absolute atomic E-state index is 14.5. The highest BCUT2D eigenvalue weighted by Gasteiger charge is 2.32. The molecule has 0 aliphatic carbocycles. The van der Waals surface area contributed by atoms with Crippen molar-refractivity contribution < 1.29 is 19.2 Å². The third-order valence-corrected chi connectivity index (χ3v) is 9.67. The van der Waals surface area contributed by atoms with Crippen LogP contribution >= 0.6 is 0 Å². The maximum Gasteiger partial charge on any atom is 0.274 e. The van der Waals surface area contributed by atoms with Crippen LogP contribution in [0.1, 0.15) is 82.8 Å². The number of anilines is 1. The Morgan fingerprint density at radius 3 is 2.34 bits per heavy atom. The molecule has 2 N–H and O–H groups in total. The van der Waals surface area contributed by atoms with E-state index in [9.17, 15) is 19.2 Å². The standard InChI is InChI=1S/C37H45N5O4S/c1-4-6-19-40(20-7-5-2)37(45)34-21-27(3)42(38-34)35-18-17-31(39-47(46)26-28-13-9-8-10-14-28)23-33(35)36(44)41-24-30-16-12-11-15-29(30)22-32(41)25-43/h8-18,21,23,32,39,43H,4-7,19-20,22,24-26H2,1-3H3/t32-,47?/m0/s1. The van der Waals surface area contributed by atoms with Gasteiger partial charge in [-0.2, -0.15) is 5.10 Å². The molecule has 1 unspecified atom stereocenters. The van der Waals surface area contributed by atoms with Crippen molar-refractivity contribution >= 4 is 28.9 Å². The molecule has 9 nitrogen and oxygen atoms in total. The van der Waals surface area contributed by atoms with E-state index in [1.54, 1.807) is 33.8 Å². The third-order valence-electron chi connectivity index (χ3n) is 8.61. The predicted octanol–water partition coefficient (Wildman–Crippen LogP) is 6.06. The monoisotopic (exact) mass is 655 g/mol. The van der Waals surface area contributed by atoms with Crippen molar-refractivity contribution in [3.05, 3.63) is 113 Å². The number of amides is 2. The van der Waals surface area contributed by atoms with Gasteiger partial charge in [-0.25, -0.2) is 9.40 Å². The topological polar surface area (TPSA) is 114 Å². The lowest BCUT2D eigenvalue weighted by molar-refractivity contribution is 0.0544. The molecule has 1 aromatic heterocycles. The Morgan fingerprint density at radius 1 is 0.979 bits per heavy atom. The van der Waals surface area contributed by atoms with Gasteiger partial charge in [0, 0.05) is 30.9 Å². The third kappa shape index (κ3) is 8.25. The number of hydrogen-bond acceptors (Lipinski definition) is 6. The number of rotatable bonds is 14. The second-order valence-corrected chi connectivity index (χ2v) is 13.3. The van der Waals surface area contributed by atoms with Gasteiger partial charge in [-0.3, -0.25) is 9.59 Å². The zero-order valence-corrected chi connectivity index (χ0v) is 28.3. The number of hydrogen-bond donors (Lipinski definition) is 2. The van der Waals surface area contributed by atoms with Gasteiger partial charge in [-0.05, 0) is 61.6 Å². The van der Waals surface area contributed by atoms with Crippen LogP contribution in [-0.2, 0) is 30.1 Å². The van der Waals surface area contributed by atoms with Crippen LogP contribution in [0, 0.1) is 6.92 Å². The second kappa shape index (κ2) is 16.1. The minimum absolute atomic E-state index is 0.121. The highest BCUT2D eigenvalue weighted by molar-refractivity contribution is 7.91. The number of aliphatic hydroxyl groups is 1. The summed E-state index contributed by atoms with van der Waals surface area (Å²) in [7, 11) is 0. The van der Waals surface area contributed by atoms with E-state index in [-0.39, 0.29) is 18.4 Å². The number of nitrogens with zero attached hydrogens (tertiary/aromatic N) is 4. The van der Waals surface area contributed by atoms with Gasteiger partial charge < -0.3 is 19.5 Å². The van der Waals surface area contributed by atoms with Gasteiger partial charge in [-0.15, -0.1) is 0 Å². The number of unbranched alkanes of at least 4 members (excludes halogenated alkanes) is 2. The summed E-state index contributed by atoms with van der Waals surface area (Å²) in [6, 6.07) is 24.2. The van der Waals surface area contributed by atoms with Crippen molar-refractivity contribution in [1.82, 2.24) is 19.6 Å². The van der Waals surface area contributed by atoms with Crippen molar-refractivity contribution in [2.24, 2.45) is 0 Å². The molecule has 0 fully saturated rings. The highest BCUT2D eigenvalue weighted by Crippen LogP contribution is 2.29. The average molecular weight is 656 g/mol. The summed E-state index contributed by atoms with van der Waals surface area (Å²) < 4.78 is 17.8. The maximum atomic E-state index is 14.5. The van der Waals surface area contributed by atoms with Crippen molar-refractivity contribution in [2.45, 2.75) is 71.2 Å². The van der Waals surface area contributed by atoms with Crippen molar-refractivity contribution in [3.63, 3.8) is 0 Å². The van der Waals surface area contributed by atoms with Gasteiger partial charge in [0.15, 0.2) is 11.4 Å². The van der Waals surface area contributed by atoms with E-state index >= 15 is 0 Å². The number of carbonyl (C=O) groups excluding carboxylic acids is 2. The van der Waals surface area contributed by atoms with Crippen LogP contribution in [-0.4, -0.2) is 66.8 Å². The van der Waals surface area contributed by atoms with Gasteiger partial charge in [0.1, 0.15) is 0 Å². The predicted molar refractivity (Wildman–Crippen MR) is 187 cm³/mol. The van der Waals surface area contributed by atoms with Crippen LogP contribution in [0.5, 0.6) is 0 Å². The molecule has 1 aliphatic heterocycles. The van der Waals surface area contributed by atoms with Gasteiger partial charge in [-0.1, -0.05) is 81.3 Å². The fraction of sp³-hybridized carbons (Fsp3) is 0.378. The Kier molecular flexibility index (Phi) is 11.7. The van der Waals surface area contributed by atoms with E-state index in [2.05, 4.69) is 18.6 Å². The SMILES string of the molecule is CCCCN(CCCC)C(=O)c1cc(C)n(-c2ccc(N[S+]([O-])Cc3ccccc3)cc2C(=O)N2Cc3ccccc3C[C@H]2CO)n1. The zero-order valence-electron chi connectivity index (χ0n) is 27.5. The quantitative estimate of drug-likeness (QED) is 0.160. The molecule has 248 valence electrons. The van der Waals surface area contributed by atoms with Gasteiger partial charge >= 0.3 is 0 Å². The molecule has 0 saturated carbocycles. The lowest BCUT2D eigenvalue weighted by Gasteiger charge is -2.36. The number of fused-ring (bicyclic) bond motifs is 1. The molecule has 0 spiro atoms. The number of carbonyl (C=O) groups is 2. The number of nitrogens with one attached hydrogen (secondary N) is 1. The van der Waals surface area contributed by atoms with Crippen molar-refractivity contribution in [3.8, 4) is 5.69 Å². The Balaban J connectivity index is 1.51. The fourth-order valence-electron chi connectivity index (χ4n) is 5.99. The van der Waals surface area contributed by atoms with Crippen LogP contribution in [0.25, 0.3) is 5.69 Å². The van der Waals surface area contributed by atoms with E-state index in [1.165, 1.54) is 0 Å². The first-order chi connectivity index (χ1) is 22.8. The average Bonchev–Trinajstić information content (AvgIpc) is 3.48. The number of aromatic nitrogens is 2. The molecule has 10 heteroatoms. The summed E-state index contributed by atoms with van der Waals surface area (Å²) in [5.74, 6) is -0.0944. The Morgan fingerprint density at radius 2 is 1.66 bits per heavy atom. The highest BCUT2D eigenvalue weighted by atomic mass is 32.2. The van der Waals surface area contributed by atoms with E-state index in [0.29, 0.717) is 60.1 Å². The molecule has 2 amide bonds. The van der Waals surface area contributed by atoms with Crippen LogP contribution in [0.2, 0.25) is 0 Å². The molecule has 47 heavy (non-hydrogen) atoms. The summed E-state index contributed by atoms with van der Waals surface area (Å²) in [6.07, 6.45) is 4.34. The zero-order chi connectivity index (χ0) is 33.3. The van der Waals surface area contributed by atoms with Gasteiger partial charge in [0.25, 0.3) is 11.8 Å². The molecular weight excluding hydrogens is 611 g/mol. The molecule has 5 rings (SSSR count). The first kappa shape index (κ1) is 34.2. The van der Waals surface area contributed by atoms with Gasteiger partial charge in [0.05, 0.1) is 40.9 Å². The van der Waals surface area contributed by atoms with Crippen LogP contribution in [0.15, 0.2) is 78.9 Å².